The lowest BCUT2D eigenvalue weighted by atomic mass is 10.2. The molecule has 1 rings (SSSR count). The van der Waals surface area contributed by atoms with Crippen molar-refractivity contribution >= 4 is 17.4 Å². The molecule has 94 valence electrons. The van der Waals surface area contributed by atoms with Gasteiger partial charge in [0.1, 0.15) is 5.69 Å². The van der Waals surface area contributed by atoms with Crippen LogP contribution in [0.3, 0.4) is 0 Å². The molecule has 0 saturated heterocycles. The van der Waals surface area contributed by atoms with Crippen LogP contribution in [0.1, 0.15) is 40.2 Å². The zero-order valence-electron chi connectivity index (χ0n) is 11.9. The van der Waals surface area contributed by atoms with E-state index < -0.39 is 0 Å². The van der Waals surface area contributed by atoms with E-state index >= 15 is 0 Å². The highest BCUT2D eigenvalue weighted by atomic mass is 32.2. The summed E-state index contributed by atoms with van der Waals surface area (Å²) in [6.45, 7) is 12.3. The molecule has 0 saturated carbocycles. The molecule has 1 aromatic rings. The second-order valence-electron chi connectivity index (χ2n) is 2.76. The fourth-order valence-corrected chi connectivity index (χ4v) is 2.00. The largest absolute Gasteiger partial charge is 0.315 e. The maximum atomic E-state index is 2.23. The van der Waals surface area contributed by atoms with Crippen LogP contribution in [0.25, 0.3) is 0 Å². The number of thioether (sulfide) groups is 1. The van der Waals surface area contributed by atoms with E-state index in [0.29, 0.717) is 0 Å². The summed E-state index contributed by atoms with van der Waals surface area (Å²) in [4.78, 5) is 1.39. The number of aryl methyl sites for hydroxylation is 1. The predicted octanol–water partition coefficient (Wildman–Crippen LogP) is 3.98. The molecule has 0 spiro atoms. The van der Waals surface area contributed by atoms with Gasteiger partial charge < -0.3 is 5.32 Å². The van der Waals surface area contributed by atoms with Crippen LogP contribution in [0.4, 0.5) is 5.69 Å². The lowest BCUT2D eigenvalue weighted by Crippen LogP contribution is -2.73. The first kappa shape index (κ1) is 17.9. The Morgan fingerprint density at radius 3 is 2.12 bits per heavy atom. The van der Waals surface area contributed by atoms with Gasteiger partial charge in [0, 0.05) is 6.07 Å². The lowest BCUT2D eigenvalue weighted by molar-refractivity contribution is -0.541. The van der Waals surface area contributed by atoms with Crippen molar-refractivity contribution in [3.63, 3.8) is 0 Å². The summed E-state index contributed by atoms with van der Waals surface area (Å²) in [6, 6.07) is 6.61. The zero-order chi connectivity index (χ0) is 13.0. The topological polar surface area (TPSA) is 16.6 Å². The molecule has 0 bridgehead atoms. The molecular formula is C14H28NS+. The summed E-state index contributed by atoms with van der Waals surface area (Å²) in [5.41, 5.74) is 2.70. The van der Waals surface area contributed by atoms with E-state index in [-0.39, 0.29) is 0 Å². The van der Waals surface area contributed by atoms with Crippen molar-refractivity contribution in [3.05, 3.63) is 23.8 Å². The molecule has 0 heterocycles. The van der Waals surface area contributed by atoms with Crippen LogP contribution >= 0.6 is 11.8 Å². The molecule has 0 atom stereocenters. The molecule has 0 radical (unpaired) electrons. The minimum absolute atomic E-state index is 1.14. The van der Waals surface area contributed by atoms with Crippen molar-refractivity contribution in [1.82, 2.24) is 0 Å². The van der Waals surface area contributed by atoms with E-state index in [1.807, 2.05) is 39.5 Å². The summed E-state index contributed by atoms with van der Waals surface area (Å²) in [5, 5.41) is 2.17. The Morgan fingerprint density at radius 2 is 1.69 bits per heavy atom. The molecule has 0 amide bonds. The molecule has 16 heavy (non-hydrogen) atoms. The third-order valence-electron chi connectivity index (χ3n) is 1.78. The van der Waals surface area contributed by atoms with Crippen LogP contribution in [-0.2, 0) is 0 Å². The van der Waals surface area contributed by atoms with Gasteiger partial charge in [0.2, 0.25) is 0 Å². The Balaban J connectivity index is 0. The third kappa shape index (κ3) is 6.91. The quantitative estimate of drug-likeness (QED) is 0.626. The maximum absolute atomic E-state index is 2.23. The van der Waals surface area contributed by atoms with E-state index in [0.717, 1.165) is 5.75 Å². The Labute approximate surface area is 106 Å². The average Bonchev–Trinajstić information content (AvgIpc) is 2.36. The molecule has 0 unspecified atom stereocenters. The van der Waals surface area contributed by atoms with Crippen molar-refractivity contribution in [1.29, 1.82) is 0 Å². The molecule has 2 N–H and O–H groups in total. The summed E-state index contributed by atoms with van der Waals surface area (Å²) in [5.74, 6) is 1.14. The minimum Gasteiger partial charge on any atom is -0.315 e. The van der Waals surface area contributed by atoms with Crippen molar-refractivity contribution in [2.45, 2.75) is 46.4 Å². The number of nitrogens with two attached hydrogens (primary N) is 1. The number of quaternary nitrogens is 1. The number of hydrogen-bond donors (Lipinski definition) is 1. The van der Waals surface area contributed by atoms with Gasteiger partial charge in [0.25, 0.3) is 0 Å². The maximum Gasteiger partial charge on any atom is 0.143 e. The third-order valence-corrected chi connectivity index (χ3v) is 2.75. The van der Waals surface area contributed by atoms with Gasteiger partial charge in [0.05, 0.1) is 11.9 Å². The summed E-state index contributed by atoms with van der Waals surface area (Å²) < 4.78 is 0. The van der Waals surface area contributed by atoms with Gasteiger partial charge in [-0.1, -0.05) is 40.7 Å². The standard InChI is InChI=1S/C10H15NS.2C2H6/c1-4-12-10-6-5-8(2)7-9(10)11-3;2*1-2/h5-7,11H,4H2,1-3H3;2*1-2H3/p+1. The van der Waals surface area contributed by atoms with E-state index in [2.05, 4.69) is 44.4 Å². The molecule has 1 aromatic carbocycles. The number of benzene rings is 1. The fraction of sp³-hybridized carbons (Fsp3) is 0.571. The normalized spacial score (nSPS) is 8.44. The highest BCUT2D eigenvalue weighted by molar-refractivity contribution is 7.99. The van der Waals surface area contributed by atoms with E-state index in [9.17, 15) is 0 Å². The Hall–Kier alpha value is -0.470. The summed E-state index contributed by atoms with van der Waals surface area (Å²) in [7, 11) is 2.09. The first-order chi connectivity index (χ1) is 7.77. The molecule has 0 fully saturated rings. The van der Waals surface area contributed by atoms with Gasteiger partial charge in [-0.3, -0.25) is 0 Å². The Kier molecular flexibility index (Phi) is 14.1. The van der Waals surface area contributed by atoms with E-state index in [1.165, 1.54) is 16.1 Å². The second kappa shape index (κ2) is 12.6. The predicted molar refractivity (Wildman–Crippen MR) is 77.8 cm³/mol. The second-order valence-corrected chi connectivity index (χ2v) is 4.07. The van der Waals surface area contributed by atoms with Crippen LogP contribution in [0, 0.1) is 6.92 Å². The van der Waals surface area contributed by atoms with E-state index in [4.69, 9.17) is 0 Å². The molecular weight excluding hydrogens is 214 g/mol. The monoisotopic (exact) mass is 242 g/mol. The Bertz CT molecular complexity index is 259. The van der Waals surface area contributed by atoms with Gasteiger partial charge in [-0.2, -0.15) is 0 Å². The average molecular weight is 242 g/mol. The fourth-order valence-electron chi connectivity index (χ4n) is 1.18. The van der Waals surface area contributed by atoms with Crippen LogP contribution in [0.2, 0.25) is 0 Å². The molecule has 0 aliphatic carbocycles. The smallest absolute Gasteiger partial charge is 0.143 e. The Morgan fingerprint density at radius 1 is 1.12 bits per heavy atom. The number of hydrogen-bond acceptors (Lipinski definition) is 1. The van der Waals surface area contributed by atoms with Crippen molar-refractivity contribution in [2.24, 2.45) is 0 Å². The van der Waals surface area contributed by atoms with E-state index in [1.54, 1.807) is 0 Å². The van der Waals surface area contributed by atoms with Crippen molar-refractivity contribution < 1.29 is 5.32 Å². The van der Waals surface area contributed by atoms with Gasteiger partial charge in [-0.15, -0.1) is 11.8 Å². The van der Waals surface area contributed by atoms with Crippen molar-refractivity contribution in [3.8, 4) is 0 Å². The van der Waals surface area contributed by atoms with Gasteiger partial charge in [0.15, 0.2) is 0 Å². The van der Waals surface area contributed by atoms with Crippen LogP contribution in [-0.4, -0.2) is 12.8 Å². The summed E-state index contributed by atoms with van der Waals surface area (Å²) >= 11 is 1.90. The first-order valence-corrected chi connectivity index (χ1v) is 7.29. The molecule has 0 aliphatic rings. The lowest BCUT2D eigenvalue weighted by Gasteiger charge is -2.03. The van der Waals surface area contributed by atoms with Crippen LogP contribution in [0.5, 0.6) is 0 Å². The van der Waals surface area contributed by atoms with Gasteiger partial charge in [-0.05, 0) is 24.3 Å². The SMILES string of the molecule is CC.CC.CCSc1ccc(C)cc1[NH2+]C. The molecule has 1 nitrogen and oxygen atoms in total. The van der Waals surface area contributed by atoms with Crippen LogP contribution < -0.4 is 5.32 Å². The van der Waals surface area contributed by atoms with Gasteiger partial charge in [-0.25, -0.2) is 0 Å². The highest BCUT2D eigenvalue weighted by Gasteiger charge is 2.03. The minimum atomic E-state index is 1.14. The highest BCUT2D eigenvalue weighted by Crippen LogP contribution is 2.24. The first-order valence-electron chi connectivity index (χ1n) is 6.30. The summed E-state index contributed by atoms with van der Waals surface area (Å²) in [6.07, 6.45) is 0. The zero-order valence-corrected chi connectivity index (χ0v) is 12.7. The number of rotatable bonds is 3. The van der Waals surface area contributed by atoms with Crippen molar-refractivity contribution in [2.75, 3.05) is 12.8 Å². The molecule has 0 aromatic heterocycles. The molecule has 2 heteroatoms. The van der Waals surface area contributed by atoms with Crippen LogP contribution in [0.15, 0.2) is 23.1 Å². The van der Waals surface area contributed by atoms with Gasteiger partial charge >= 0.3 is 0 Å². The molecule has 0 aliphatic heterocycles.